The van der Waals surface area contributed by atoms with Crippen molar-refractivity contribution < 1.29 is 19.1 Å². The maximum absolute atomic E-state index is 12.2. The number of rotatable bonds is 6. The minimum Gasteiger partial charge on any atom is -0.482 e. The summed E-state index contributed by atoms with van der Waals surface area (Å²) in [4.78, 5) is 24.2. The molecule has 0 aliphatic rings. The lowest BCUT2D eigenvalue weighted by Gasteiger charge is -2.09. The number of hydrogen-bond acceptors (Lipinski definition) is 4. The smallest absolute Gasteiger partial charge is 0.349 e. The fraction of sp³-hybridized carbons (Fsp3) is 0.130. The van der Waals surface area contributed by atoms with E-state index in [9.17, 15) is 9.59 Å². The van der Waals surface area contributed by atoms with Crippen molar-refractivity contribution in [2.75, 3.05) is 11.9 Å². The average molecular weight is 375 g/mol. The van der Waals surface area contributed by atoms with Gasteiger partial charge in [0, 0.05) is 11.3 Å². The second-order valence-electron chi connectivity index (χ2n) is 6.35. The topological polar surface area (TPSA) is 64.6 Å². The molecule has 5 nitrogen and oxygen atoms in total. The molecule has 0 atom stereocenters. The molecule has 3 rings (SSSR count). The number of ether oxygens (including phenoxy) is 2. The lowest BCUT2D eigenvalue weighted by Crippen LogP contribution is -2.18. The van der Waals surface area contributed by atoms with E-state index in [0.29, 0.717) is 22.7 Å². The summed E-state index contributed by atoms with van der Waals surface area (Å²) in [7, 11) is 0. The van der Waals surface area contributed by atoms with E-state index >= 15 is 0 Å². The van der Waals surface area contributed by atoms with Crippen molar-refractivity contribution in [2.24, 2.45) is 0 Å². The van der Waals surface area contributed by atoms with Gasteiger partial charge in [-0.1, -0.05) is 24.3 Å². The lowest BCUT2D eigenvalue weighted by molar-refractivity contribution is -0.136. The quantitative estimate of drug-likeness (QED) is 0.507. The predicted molar refractivity (Wildman–Crippen MR) is 108 cm³/mol. The Morgan fingerprint density at radius 3 is 2.18 bits per heavy atom. The molecule has 1 amide bonds. The fourth-order valence-electron chi connectivity index (χ4n) is 2.51. The molecular weight excluding hydrogens is 354 g/mol. The summed E-state index contributed by atoms with van der Waals surface area (Å²) in [6.45, 7) is 3.80. The molecule has 28 heavy (non-hydrogen) atoms. The van der Waals surface area contributed by atoms with Crippen molar-refractivity contribution in [3.05, 3.63) is 89.5 Å². The van der Waals surface area contributed by atoms with Crippen molar-refractivity contribution in [1.82, 2.24) is 0 Å². The molecule has 0 aliphatic heterocycles. The van der Waals surface area contributed by atoms with Crippen LogP contribution in [0.5, 0.6) is 11.5 Å². The van der Waals surface area contributed by atoms with E-state index in [0.717, 1.165) is 11.1 Å². The number of hydrogen-bond donors (Lipinski definition) is 1. The first-order valence-corrected chi connectivity index (χ1v) is 8.88. The van der Waals surface area contributed by atoms with E-state index in [4.69, 9.17) is 9.47 Å². The van der Waals surface area contributed by atoms with Gasteiger partial charge < -0.3 is 14.8 Å². The molecule has 3 aromatic carbocycles. The van der Waals surface area contributed by atoms with Crippen molar-refractivity contribution in [2.45, 2.75) is 13.8 Å². The van der Waals surface area contributed by atoms with E-state index in [-0.39, 0.29) is 12.5 Å². The second kappa shape index (κ2) is 8.86. The molecule has 0 spiro atoms. The van der Waals surface area contributed by atoms with Crippen molar-refractivity contribution in [1.29, 1.82) is 0 Å². The van der Waals surface area contributed by atoms with Crippen LogP contribution in [0.4, 0.5) is 5.69 Å². The fourth-order valence-corrected chi connectivity index (χ4v) is 2.51. The Labute approximate surface area is 163 Å². The summed E-state index contributed by atoms with van der Waals surface area (Å²) in [6, 6.07) is 21.2. The van der Waals surface area contributed by atoms with Gasteiger partial charge in [-0.25, -0.2) is 4.79 Å². The molecule has 3 aromatic rings. The lowest BCUT2D eigenvalue weighted by atomic mass is 10.1. The van der Waals surface area contributed by atoms with Gasteiger partial charge in [0.2, 0.25) is 0 Å². The van der Waals surface area contributed by atoms with Crippen LogP contribution >= 0.6 is 0 Å². The third-order valence-electron chi connectivity index (χ3n) is 4.21. The highest BCUT2D eigenvalue weighted by Gasteiger charge is 2.09. The summed E-state index contributed by atoms with van der Waals surface area (Å²) in [6.07, 6.45) is 0. The second-order valence-corrected chi connectivity index (χ2v) is 6.35. The predicted octanol–water partition coefficient (Wildman–Crippen LogP) is 4.54. The van der Waals surface area contributed by atoms with Crippen LogP contribution in [0.15, 0.2) is 72.8 Å². The molecule has 0 saturated heterocycles. The SMILES string of the molecule is Cc1ccc(OCC(=O)Oc2ccc(C(=O)Nc3ccccc3)cc2)cc1C. The van der Waals surface area contributed by atoms with E-state index in [2.05, 4.69) is 5.32 Å². The normalized spacial score (nSPS) is 10.2. The van der Waals surface area contributed by atoms with Gasteiger partial charge in [0.05, 0.1) is 0 Å². The highest BCUT2D eigenvalue weighted by atomic mass is 16.6. The minimum atomic E-state index is -0.514. The Balaban J connectivity index is 1.52. The molecule has 0 aromatic heterocycles. The van der Waals surface area contributed by atoms with E-state index in [1.165, 1.54) is 0 Å². The Morgan fingerprint density at radius 1 is 0.821 bits per heavy atom. The summed E-state index contributed by atoms with van der Waals surface area (Å²) in [5, 5.41) is 2.80. The number of nitrogens with one attached hydrogen (secondary N) is 1. The van der Waals surface area contributed by atoms with Crippen LogP contribution in [-0.4, -0.2) is 18.5 Å². The molecule has 0 radical (unpaired) electrons. The summed E-state index contributed by atoms with van der Waals surface area (Å²) in [5.74, 6) is 0.222. The van der Waals surface area contributed by atoms with Gasteiger partial charge in [0.15, 0.2) is 6.61 Å². The van der Waals surface area contributed by atoms with E-state index in [1.807, 2.05) is 62.4 Å². The highest BCUT2D eigenvalue weighted by molar-refractivity contribution is 6.04. The number of benzene rings is 3. The molecule has 0 unspecified atom stereocenters. The maximum atomic E-state index is 12.2. The van der Waals surface area contributed by atoms with Gasteiger partial charge in [0.25, 0.3) is 5.91 Å². The standard InChI is InChI=1S/C23H21NO4/c1-16-8-11-21(14-17(16)2)27-15-22(25)28-20-12-9-18(10-13-20)23(26)24-19-6-4-3-5-7-19/h3-14H,15H2,1-2H3,(H,24,26). The van der Waals surface area contributed by atoms with Gasteiger partial charge in [-0.2, -0.15) is 0 Å². The number of para-hydroxylation sites is 1. The van der Waals surface area contributed by atoms with Gasteiger partial charge in [-0.05, 0) is 73.5 Å². The number of anilines is 1. The van der Waals surface area contributed by atoms with E-state index < -0.39 is 5.97 Å². The van der Waals surface area contributed by atoms with Crippen molar-refractivity contribution in [3.63, 3.8) is 0 Å². The number of amides is 1. The molecule has 0 saturated carbocycles. The summed E-state index contributed by atoms with van der Waals surface area (Å²) >= 11 is 0. The Bertz CT molecular complexity index is 966. The summed E-state index contributed by atoms with van der Waals surface area (Å²) < 4.78 is 10.7. The zero-order valence-electron chi connectivity index (χ0n) is 15.8. The van der Waals surface area contributed by atoms with Gasteiger partial charge in [-0.15, -0.1) is 0 Å². The highest BCUT2D eigenvalue weighted by Crippen LogP contribution is 2.17. The van der Waals surface area contributed by atoms with Crippen LogP contribution in [-0.2, 0) is 4.79 Å². The van der Waals surface area contributed by atoms with Crippen molar-refractivity contribution >= 4 is 17.6 Å². The number of esters is 1. The van der Waals surface area contributed by atoms with Crippen LogP contribution in [0.2, 0.25) is 0 Å². The zero-order chi connectivity index (χ0) is 19.9. The number of carbonyl (C=O) groups is 2. The van der Waals surface area contributed by atoms with Crippen LogP contribution < -0.4 is 14.8 Å². The molecule has 0 heterocycles. The molecule has 0 bridgehead atoms. The van der Waals surface area contributed by atoms with Crippen LogP contribution in [0, 0.1) is 13.8 Å². The monoisotopic (exact) mass is 375 g/mol. The molecule has 1 N–H and O–H groups in total. The minimum absolute atomic E-state index is 0.196. The van der Waals surface area contributed by atoms with E-state index in [1.54, 1.807) is 24.3 Å². The van der Waals surface area contributed by atoms with Gasteiger partial charge in [-0.3, -0.25) is 4.79 Å². The van der Waals surface area contributed by atoms with Gasteiger partial charge >= 0.3 is 5.97 Å². The Hall–Kier alpha value is -3.60. The first kappa shape index (κ1) is 19.2. The first-order valence-electron chi connectivity index (χ1n) is 8.88. The molecule has 142 valence electrons. The van der Waals surface area contributed by atoms with Crippen LogP contribution in [0.25, 0.3) is 0 Å². The van der Waals surface area contributed by atoms with Crippen LogP contribution in [0.3, 0.4) is 0 Å². The zero-order valence-corrected chi connectivity index (χ0v) is 15.8. The average Bonchev–Trinajstić information content (AvgIpc) is 2.70. The molecule has 0 aliphatic carbocycles. The maximum Gasteiger partial charge on any atom is 0.349 e. The molecule has 5 heteroatoms. The Kier molecular flexibility index (Phi) is 6.07. The third-order valence-corrected chi connectivity index (χ3v) is 4.21. The molecular formula is C23H21NO4. The third kappa shape index (κ3) is 5.20. The number of carbonyl (C=O) groups excluding carboxylic acids is 2. The summed E-state index contributed by atoms with van der Waals surface area (Å²) in [5.41, 5.74) is 3.43. The van der Waals surface area contributed by atoms with Crippen LogP contribution in [0.1, 0.15) is 21.5 Å². The number of aryl methyl sites for hydroxylation is 2. The molecule has 0 fully saturated rings. The largest absolute Gasteiger partial charge is 0.482 e. The first-order chi connectivity index (χ1) is 13.5. The van der Waals surface area contributed by atoms with Crippen molar-refractivity contribution in [3.8, 4) is 11.5 Å². The van der Waals surface area contributed by atoms with Gasteiger partial charge in [0.1, 0.15) is 11.5 Å². The Morgan fingerprint density at radius 2 is 1.50 bits per heavy atom.